The molecule has 0 radical (unpaired) electrons. The van der Waals surface area contributed by atoms with Crippen LogP contribution in [-0.4, -0.2) is 39.4 Å². The molecule has 1 aliphatic heterocycles. The van der Waals surface area contributed by atoms with Gasteiger partial charge in [0.15, 0.2) is 5.78 Å². The Labute approximate surface area is 179 Å². The third kappa shape index (κ3) is 4.96. The first-order valence-electron chi connectivity index (χ1n) is 10.9. The summed E-state index contributed by atoms with van der Waals surface area (Å²) >= 11 is 0. The van der Waals surface area contributed by atoms with Crippen molar-refractivity contribution in [3.8, 4) is 11.5 Å². The van der Waals surface area contributed by atoms with Crippen LogP contribution in [0.4, 0.5) is 0 Å². The number of Topliss-reactive ketones (excluding diaryl/α,β-unsaturated/α-hetero) is 1. The van der Waals surface area contributed by atoms with E-state index in [1.807, 2.05) is 6.92 Å². The molecule has 2 aliphatic rings. The molecule has 1 aliphatic carbocycles. The van der Waals surface area contributed by atoms with Crippen LogP contribution in [0.25, 0.3) is 0 Å². The van der Waals surface area contributed by atoms with Gasteiger partial charge < -0.3 is 20.1 Å². The Morgan fingerprint density at radius 2 is 2.00 bits per heavy atom. The molecule has 3 N–H and O–H groups in total. The summed E-state index contributed by atoms with van der Waals surface area (Å²) in [5, 5.41) is 30.9. The van der Waals surface area contributed by atoms with Crippen molar-refractivity contribution in [3.63, 3.8) is 0 Å². The molecule has 5 heteroatoms. The minimum Gasteiger partial charge on any atom is -0.508 e. The molecule has 1 heterocycles. The van der Waals surface area contributed by atoms with Crippen LogP contribution in [0.5, 0.6) is 11.5 Å². The highest BCUT2D eigenvalue weighted by Crippen LogP contribution is 2.42. The van der Waals surface area contributed by atoms with Gasteiger partial charge in [0.2, 0.25) is 0 Å². The van der Waals surface area contributed by atoms with Crippen molar-refractivity contribution in [3.05, 3.63) is 47.1 Å². The first kappa shape index (κ1) is 22.6. The molecule has 1 saturated carbocycles. The number of allylic oxidation sites excluding steroid dienone is 3. The summed E-state index contributed by atoms with van der Waals surface area (Å²) in [6.45, 7) is 10.2. The van der Waals surface area contributed by atoms with E-state index < -0.39 is 18.3 Å². The number of phenols is 1. The van der Waals surface area contributed by atoms with Crippen LogP contribution in [-0.2, 0) is 6.42 Å². The lowest BCUT2D eigenvalue weighted by Gasteiger charge is -2.38. The van der Waals surface area contributed by atoms with Gasteiger partial charge in [-0.1, -0.05) is 23.8 Å². The van der Waals surface area contributed by atoms with E-state index in [1.54, 1.807) is 12.1 Å². The number of fused-ring (bicyclic) bond motifs is 1. The third-order valence-corrected chi connectivity index (χ3v) is 6.47. The highest BCUT2D eigenvalue weighted by molar-refractivity contribution is 6.00. The molecule has 0 bridgehead atoms. The topological polar surface area (TPSA) is 87.0 Å². The Balaban J connectivity index is 1.91. The second-order valence-electron chi connectivity index (χ2n) is 9.19. The lowest BCUT2D eigenvalue weighted by atomic mass is 9.78. The van der Waals surface area contributed by atoms with Gasteiger partial charge in [0.05, 0.1) is 17.8 Å². The van der Waals surface area contributed by atoms with E-state index in [1.165, 1.54) is 5.57 Å². The Hall–Kier alpha value is -2.11. The van der Waals surface area contributed by atoms with Gasteiger partial charge in [0.1, 0.15) is 17.6 Å². The van der Waals surface area contributed by atoms with E-state index in [0.29, 0.717) is 42.6 Å². The fourth-order valence-electron chi connectivity index (χ4n) is 4.56. The van der Waals surface area contributed by atoms with Crippen molar-refractivity contribution in [1.29, 1.82) is 0 Å². The number of hydrogen-bond acceptors (Lipinski definition) is 5. The predicted octanol–water partition coefficient (Wildman–Crippen LogP) is 4.34. The zero-order valence-corrected chi connectivity index (χ0v) is 18.2. The summed E-state index contributed by atoms with van der Waals surface area (Å²) in [5.41, 5.74) is 3.36. The average Bonchev–Trinajstić information content (AvgIpc) is 2.66. The van der Waals surface area contributed by atoms with Crippen LogP contribution < -0.4 is 4.74 Å². The van der Waals surface area contributed by atoms with E-state index in [-0.39, 0.29) is 29.8 Å². The predicted molar refractivity (Wildman–Crippen MR) is 117 cm³/mol. The van der Waals surface area contributed by atoms with Crippen molar-refractivity contribution in [2.75, 3.05) is 0 Å². The number of ketones is 1. The quantitative estimate of drug-likeness (QED) is 0.603. The Bertz CT molecular complexity index is 836. The standard InChI is InChI=1S/C25H34O5/c1-14(2)5-6-16(15(3)4)11-20-21(27)10-9-19-23(29)13-24(30-25(19)20)18-8-7-17(26)12-22(18)28/h5,9-10,16-18,22,24,26-28H,3,6-8,11-13H2,1-2,4H3. The fourth-order valence-corrected chi connectivity index (χ4v) is 4.56. The maximum absolute atomic E-state index is 12.9. The molecule has 164 valence electrons. The van der Waals surface area contributed by atoms with Crippen LogP contribution >= 0.6 is 0 Å². The monoisotopic (exact) mass is 414 g/mol. The first-order valence-corrected chi connectivity index (χ1v) is 10.9. The molecule has 0 saturated heterocycles. The molecule has 3 rings (SSSR count). The maximum atomic E-state index is 12.9. The highest BCUT2D eigenvalue weighted by atomic mass is 16.5. The van der Waals surface area contributed by atoms with Crippen LogP contribution in [0.3, 0.4) is 0 Å². The zero-order chi connectivity index (χ0) is 22.0. The molecule has 0 aromatic heterocycles. The van der Waals surface area contributed by atoms with Gasteiger partial charge in [-0.05, 0) is 70.9 Å². The molecular weight excluding hydrogens is 380 g/mol. The molecule has 0 amide bonds. The number of benzene rings is 1. The van der Waals surface area contributed by atoms with Gasteiger partial charge in [-0.25, -0.2) is 0 Å². The van der Waals surface area contributed by atoms with Crippen molar-refractivity contribution < 1.29 is 24.9 Å². The number of hydrogen-bond donors (Lipinski definition) is 3. The number of rotatable bonds is 6. The second kappa shape index (κ2) is 9.36. The smallest absolute Gasteiger partial charge is 0.170 e. The van der Waals surface area contributed by atoms with Crippen LogP contribution in [0.2, 0.25) is 0 Å². The number of aromatic hydroxyl groups is 1. The third-order valence-electron chi connectivity index (χ3n) is 6.47. The largest absolute Gasteiger partial charge is 0.508 e. The number of phenolic OH excluding ortho intramolecular Hbond substituents is 1. The Morgan fingerprint density at radius 3 is 2.63 bits per heavy atom. The van der Waals surface area contributed by atoms with Gasteiger partial charge in [-0.15, -0.1) is 0 Å². The zero-order valence-electron chi connectivity index (χ0n) is 18.2. The summed E-state index contributed by atoms with van der Waals surface area (Å²) in [6, 6.07) is 3.19. The normalized spacial score (nSPS) is 27.0. The maximum Gasteiger partial charge on any atom is 0.170 e. The van der Waals surface area contributed by atoms with E-state index in [2.05, 4.69) is 26.5 Å². The molecule has 0 spiro atoms. The number of ether oxygens (including phenoxy) is 1. The number of aliphatic hydroxyl groups excluding tert-OH is 2. The fraction of sp³-hybridized carbons (Fsp3) is 0.560. The second-order valence-corrected chi connectivity index (χ2v) is 9.19. The SMILES string of the molecule is C=C(C)C(CC=C(C)C)Cc1c(O)ccc2c1OC(C1CCC(O)CC1O)CC2=O. The lowest BCUT2D eigenvalue weighted by Crippen LogP contribution is -2.44. The molecule has 30 heavy (non-hydrogen) atoms. The van der Waals surface area contributed by atoms with Crippen LogP contribution in [0.1, 0.15) is 68.8 Å². The van der Waals surface area contributed by atoms with Crippen LogP contribution in [0.15, 0.2) is 35.9 Å². The van der Waals surface area contributed by atoms with Gasteiger partial charge >= 0.3 is 0 Å². The Kier molecular flexibility index (Phi) is 7.04. The Morgan fingerprint density at radius 1 is 1.27 bits per heavy atom. The number of aliphatic hydroxyl groups is 2. The average molecular weight is 415 g/mol. The van der Waals surface area contributed by atoms with Crippen molar-refractivity contribution >= 4 is 5.78 Å². The van der Waals surface area contributed by atoms with Gasteiger partial charge in [-0.3, -0.25) is 4.79 Å². The van der Waals surface area contributed by atoms with Gasteiger partial charge in [0.25, 0.3) is 0 Å². The van der Waals surface area contributed by atoms with E-state index >= 15 is 0 Å². The van der Waals surface area contributed by atoms with Gasteiger partial charge in [0, 0.05) is 17.9 Å². The molecule has 5 nitrogen and oxygen atoms in total. The molecule has 5 atom stereocenters. The summed E-state index contributed by atoms with van der Waals surface area (Å²) in [7, 11) is 0. The summed E-state index contributed by atoms with van der Waals surface area (Å²) in [4.78, 5) is 12.9. The highest BCUT2D eigenvalue weighted by Gasteiger charge is 2.40. The lowest BCUT2D eigenvalue weighted by molar-refractivity contribution is -0.0433. The summed E-state index contributed by atoms with van der Waals surface area (Å²) < 4.78 is 6.30. The molecule has 5 unspecified atom stereocenters. The van der Waals surface area contributed by atoms with Crippen molar-refractivity contribution in [2.45, 2.75) is 77.6 Å². The summed E-state index contributed by atoms with van der Waals surface area (Å²) in [5.74, 6) is 0.440. The summed E-state index contributed by atoms with van der Waals surface area (Å²) in [6.07, 6.45) is 3.55. The number of carbonyl (C=O) groups excluding carboxylic acids is 1. The molecule has 1 fully saturated rings. The number of carbonyl (C=O) groups is 1. The first-order chi connectivity index (χ1) is 14.2. The van der Waals surface area contributed by atoms with Crippen molar-refractivity contribution in [1.82, 2.24) is 0 Å². The van der Waals surface area contributed by atoms with E-state index in [4.69, 9.17) is 4.74 Å². The van der Waals surface area contributed by atoms with E-state index in [0.717, 1.165) is 12.0 Å². The minimum absolute atomic E-state index is 0.0306. The van der Waals surface area contributed by atoms with Crippen LogP contribution in [0, 0.1) is 11.8 Å². The van der Waals surface area contributed by atoms with E-state index in [9.17, 15) is 20.1 Å². The van der Waals surface area contributed by atoms with Crippen molar-refractivity contribution in [2.24, 2.45) is 11.8 Å². The molecular formula is C25H34O5. The minimum atomic E-state index is -0.699. The van der Waals surface area contributed by atoms with Gasteiger partial charge in [-0.2, -0.15) is 0 Å². The molecule has 1 aromatic carbocycles. The molecule has 1 aromatic rings.